The molecule has 4 N–H and O–H groups in total. The van der Waals surface area contributed by atoms with Gasteiger partial charge < -0.3 is 16.4 Å². The highest BCUT2D eigenvalue weighted by molar-refractivity contribution is 6.34. The zero-order valence-corrected chi connectivity index (χ0v) is 11.1. The molecule has 2 aromatic rings. The molecule has 0 aliphatic heterocycles. The van der Waals surface area contributed by atoms with E-state index in [1.807, 2.05) is 0 Å². The molecule has 2 amide bonds. The number of amides is 2. The van der Waals surface area contributed by atoms with Crippen molar-refractivity contribution < 1.29 is 14.2 Å². The second-order valence-corrected chi connectivity index (χ2v) is 4.24. The molecule has 20 heavy (non-hydrogen) atoms. The lowest BCUT2D eigenvalue weighted by Gasteiger charge is -2.08. The van der Waals surface area contributed by atoms with Crippen LogP contribution >= 0.6 is 11.6 Å². The summed E-state index contributed by atoms with van der Waals surface area (Å²) < 4.78 is 4.33. The number of rotatable bonds is 3. The Kier molecular flexibility index (Phi) is 3.85. The van der Waals surface area contributed by atoms with Crippen LogP contribution in [0.4, 0.5) is 17.2 Å². The standard InChI is InChI=1S/C11H10ClN5O3/c1-5(18)14-8-3-2-6(4-7(8)12)15-11(19)9-10(13)17-20-16-9/h2-4H,1H3,(H2,13,17)(H,14,18)(H,15,19). The van der Waals surface area contributed by atoms with Gasteiger partial charge in [0.1, 0.15) is 0 Å². The van der Waals surface area contributed by atoms with Gasteiger partial charge in [-0.15, -0.1) is 0 Å². The third kappa shape index (κ3) is 3.04. The Hall–Kier alpha value is -2.61. The van der Waals surface area contributed by atoms with E-state index in [9.17, 15) is 9.59 Å². The lowest BCUT2D eigenvalue weighted by molar-refractivity contribution is -0.114. The van der Waals surface area contributed by atoms with E-state index in [0.717, 1.165) is 0 Å². The smallest absolute Gasteiger partial charge is 0.281 e. The Morgan fingerprint density at radius 2 is 2.05 bits per heavy atom. The molecule has 2 rings (SSSR count). The summed E-state index contributed by atoms with van der Waals surface area (Å²) in [6, 6.07) is 4.61. The average Bonchev–Trinajstić information content (AvgIpc) is 2.78. The molecule has 1 aromatic heterocycles. The summed E-state index contributed by atoms with van der Waals surface area (Å²) in [4.78, 5) is 22.7. The molecule has 1 aromatic carbocycles. The highest BCUT2D eigenvalue weighted by atomic mass is 35.5. The second kappa shape index (κ2) is 5.57. The van der Waals surface area contributed by atoms with E-state index in [4.69, 9.17) is 17.3 Å². The van der Waals surface area contributed by atoms with Gasteiger partial charge in [0.2, 0.25) is 17.4 Å². The van der Waals surface area contributed by atoms with Crippen LogP contribution in [0.15, 0.2) is 22.8 Å². The van der Waals surface area contributed by atoms with Gasteiger partial charge in [-0.3, -0.25) is 9.59 Å². The molecule has 0 bridgehead atoms. The summed E-state index contributed by atoms with van der Waals surface area (Å²) in [5.41, 5.74) is 6.14. The summed E-state index contributed by atoms with van der Waals surface area (Å²) in [6.45, 7) is 1.37. The number of benzene rings is 1. The van der Waals surface area contributed by atoms with Crippen LogP contribution in [0, 0.1) is 0 Å². The third-order valence-corrected chi connectivity index (χ3v) is 2.58. The Morgan fingerprint density at radius 1 is 1.30 bits per heavy atom. The van der Waals surface area contributed by atoms with Crippen LogP contribution < -0.4 is 16.4 Å². The minimum absolute atomic E-state index is 0.108. The van der Waals surface area contributed by atoms with Crippen molar-refractivity contribution in [1.29, 1.82) is 0 Å². The molecule has 8 nitrogen and oxygen atoms in total. The zero-order chi connectivity index (χ0) is 14.7. The van der Waals surface area contributed by atoms with Gasteiger partial charge in [0.05, 0.1) is 10.7 Å². The summed E-state index contributed by atoms with van der Waals surface area (Å²) >= 11 is 5.98. The zero-order valence-electron chi connectivity index (χ0n) is 10.3. The van der Waals surface area contributed by atoms with Gasteiger partial charge in [-0.05, 0) is 28.5 Å². The van der Waals surface area contributed by atoms with Gasteiger partial charge in [-0.2, -0.15) is 0 Å². The Morgan fingerprint density at radius 3 is 2.60 bits per heavy atom. The van der Waals surface area contributed by atoms with E-state index >= 15 is 0 Å². The normalized spacial score (nSPS) is 10.1. The monoisotopic (exact) mass is 295 g/mol. The highest BCUT2D eigenvalue weighted by Gasteiger charge is 2.16. The van der Waals surface area contributed by atoms with Crippen molar-refractivity contribution in [3.63, 3.8) is 0 Å². The molecule has 9 heteroatoms. The summed E-state index contributed by atoms with van der Waals surface area (Å²) in [5, 5.41) is 12.0. The van der Waals surface area contributed by atoms with Gasteiger partial charge >= 0.3 is 0 Å². The molecular weight excluding hydrogens is 286 g/mol. The maximum absolute atomic E-state index is 11.8. The molecule has 0 unspecified atom stereocenters. The lowest BCUT2D eigenvalue weighted by Crippen LogP contribution is -2.14. The maximum atomic E-state index is 11.8. The number of anilines is 3. The van der Waals surface area contributed by atoms with Crippen molar-refractivity contribution in [2.24, 2.45) is 0 Å². The van der Waals surface area contributed by atoms with Crippen molar-refractivity contribution >= 4 is 40.6 Å². The first-order chi connectivity index (χ1) is 9.47. The number of nitrogen functional groups attached to an aromatic ring is 1. The molecule has 0 aliphatic carbocycles. The molecule has 0 aliphatic rings. The van der Waals surface area contributed by atoms with Crippen molar-refractivity contribution in [1.82, 2.24) is 10.3 Å². The van der Waals surface area contributed by atoms with Crippen LogP contribution in [0.1, 0.15) is 17.4 Å². The first kappa shape index (κ1) is 13.8. The van der Waals surface area contributed by atoms with Gasteiger partial charge in [-0.25, -0.2) is 4.63 Å². The summed E-state index contributed by atoms with van der Waals surface area (Å²) in [5.74, 6) is -0.930. The van der Waals surface area contributed by atoms with Crippen LogP contribution in [-0.4, -0.2) is 22.1 Å². The molecule has 0 spiro atoms. The molecule has 1 heterocycles. The SMILES string of the molecule is CC(=O)Nc1ccc(NC(=O)c2nonc2N)cc1Cl. The fourth-order valence-electron chi connectivity index (χ4n) is 1.43. The van der Waals surface area contributed by atoms with Crippen molar-refractivity contribution in [2.45, 2.75) is 6.92 Å². The van der Waals surface area contributed by atoms with Crippen molar-refractivity contribution in [3.8, 4) is 0 Å². The molecule has 0 atom stereocenters. The summed E-state index contributed by atoms with van der Waals surface area (Å²) in [7, 11) is 0. The molecular formula is C11H10ClN5O3. The average molecular weight is 296 g/mol. The number of carbonyl (C=O) groups is 2. The van der Waals surface area contributed by atoms with E-state index < -0.39 is 5.91 Å². The third-order valence-electron chi connectivity index (χ3n) is 2.27. The minimum Gasteiger partial charge on any atom is -0.379 e. The first-order valence-corrected chi connectivity index (χ1v) is 5.81. The summed E-state index contributed by atoms with van der Waals surface area (Å²) in [6.07, 6.45) is 0. The van der Waals surface area contributed by atoms with Crippen molar-refractivity contribution in [2.75, 3.05) is 16.4 Å². The molecule has 0 radical (unpaired) electrons. The first-order valence-electron chi connectivity index (χ1n) is 5.44. The quantitative estimate of drug-likeness (QED) is 0.788. The lowest BCUT2D eigenvalue weighted by atomic mass is 10.2. The second-order valence-electron chi connectivity index (χ2n) is 3.83. The van der Waals surface area contributed by atoms with E-state index in [1.54, 1.807) is 12.1 Å². The van der Waals surface area contributed by atoms with E-state index in [-0.39, 0.29) is 22.4 Å². The van der Waals surface area contributed by atoms with E-state index in [1.165, 1.54) is 13.0 Å². The topological polar surface area (TPSA) is 123 Å². The number of nitrogens with one attached hydrogen (secondary N) is 2. The Balaban J connectivity index is 2.15. The number of halogens is 1. The van der Waals surface area contributed by atoms with E-state index in [2.05, 4.69) is 25.6 Å². The number of carbonyl (C=O) groups excluding carboxylic acids is 2. The molecule has 0 saturated carbocycles. The fourth-order valence-corrected chi connectivity index (χ4v) is 1.65. The van der Waals surface area contributed by atoms with Crippen LogP contribution in [-0.2, 0) is 4.79 Å². The minimum atomic E-state index is -0.577. The number of aromatic nitrogens is 2. The molecule has 0 saturated heterocycles. The van der Waals surface area contributed by atoms with Crippen LogP contribution in [0.25, 0.3) is 0 Å². The Bertz CT molecular complexity index is 670. The van der Waals surface area contributed by atoms with Gasteiger partial charge in [0, 0.05) is 12.6 Å². The molecule has 104 valence electrons. The number of hydrogen-bond donors (Lipinski definition) is 3. The highest BCUT2D eigenvalue weighted by Crippen LogP contribution is 2.25. The number of nitrogens with zero attached hydrogens (tertiary/aromatic N) is 2. The number of nitrogens with two attached hydrogens (primary N) is 1. The predicted molar refractivity (Wildman–Crippen MR) is 72.4 cm³/mol. The molecule has 0 fully saturated rings. The van der Waals surface area contributed by atoms with Crippen LogP contribution in [0.3, 0.4) is 0 Å². The largest absolute Gasteiger partial charge is 0.379 e. The van der Waals surface area contributed by atoms with Crippen molar-refractivity contribution in [3.05, 3.63) is 28.9 Å². The van der Waals surface area contributed by atoms with Gasteiger partial charge in [-0.1, -0.05) is 11.6 Å². The van der Waals surface area contributed by atoms with Gasteiger partial charge in [0.25, 0.3) is 5.91 Å². The number of hydrogen-bond acceptors (Lipinski definition) is 6. The van der Waals surface area contributed by atoms with E-state index in [0.29, 0.717) is 11.4 Å². The van der Waals surface area contributed by atoms with Crippen LogP contribution in [0.2, 0.25) is 5.02 Å². The fraction of sp³-hybridized carbons (Fsp3) is 0.0909. The predicted octanol–water partition coefficient (Wildman–Crippen LogP) is 1.52. The van der Waals surface area contributed by atoms with Crippen LogP contribution in [0.5, 0.6) is 0 Å². The van der Waals surface area contributed by atoms with Gasteiger partial charge in [0.15, 0.2) is 0 Å². The maximum Gasteiger partial charge on any atom is 0.281 e. The Labute approximate surface area is 118 Å².